The molecule has 2 heterocycles. The fourth-order valence-corrected chi connectivity index (χ4v) is 3.37. The van der Waals surface area contributed by atoms with E-state index in [0.29, 0.717) is 0 Å². The summed E-state index contributed by atoms with van der Waals surface area (Å²) in [4.78, 5) is 4.50. The van der Waals surface area contributed by atoms with E-state index in [4.69, 9.17) is 0 Å². The second-order valence-electron chi connectivity index (χ2n) is 5.07. The van der Waals surface area contributed by atoms with Crippen molar-refractivity contribution < 1.29 is 0 Å². The van der Waals surface area contributed by atoms with Gasteiger partial charge in [0.2, 0.25) is 5.13 Å². The molecule has 0 radical (unpaired) electrons. The maximum absolute atomic E-state index is 4.50. The van der Waals surface area contributed by atoms with Crippen LogP contribution in [0, 0.1) is 0 Å². The summed E-state index contributed by atoms with van der Waals surface area (Å²) >= 11 is 1.60. The van der Waals surface area contributed by atoms with Gasteiger partial charge >= 0.3 is 0 Å². The van der Waals surface area contributed by atoms with Gasteiger partial charge in [-0.1, -0.05) is 41.7 Å². The van der Waals surface area contributed by atoms with E-state index in [0.717, 1.165) is 20.9 Å². The van der Waals surface area contributed by atoms with Gasteiger partial charge < -0.3 is 4.57 Å². The van der Waals surface area contributed by atoms with Crippen molar-refractivity contribution in [3.63, 3.8) is 0 Å². The van der Waals surface area contributed by atoms with E-state index in [1.54, 1.807) is 11.3 Å². The molecule has 1 N–H and O–H groups in total. The zero-order chi connectivity index (χ0) is 14.9. The van der Waals surface area contributed by atoms with Crippen LogP contribution < -0.4 is 5.43 Å². The lowest BCUT2D eigenvalue weighted by molar-refractivity contribution is 0.968. The minimum atomic E-state index is 0.803. The first-order chi connectivity index (χ1) is 10.8. The molecular formula is C17H14N4S. The van der Waals surface area contributed by atoms with Crippen LogP contribution in [0.2, 0.25) is 0 Å². The predicted octanol–water partition coefficient (Wildman–Crippen LogP) is 4.23. The molecule has 0 amide bonds. The fraction of sp³-hybridized carbons (Fsp3) is 0.0588. The van der Waals surface area contributed by atoms with Crippen LogP contribution in [0.4, 0.5) is 5.13 Å². The molecule has 0 atom stereocenters. The molecule has 0 aliphatic heterocycles. The first-order valence-corrected chi connectivity index (χ1v) is 7.81. The molecule has 108 valence electrons. The van der Waals surface area contributed by atoms with Gasteiger partial charge in [0.1, 0.15) is 0 Å². The van der Waals surface area contributed by atoms with E-state index in [1.807, 2.05) is 43.6 Å². The number of nitrogens with zero attached hydrogens (tertiary/aromatic N) is 3. The minimum absolute atomic E-state index is 0.803. The van der Waals surface area contributed by atoms with Crippen molar-refractivity contribution >= 4 is 43.8 Å². The molecule has 4 rings (SSSR count). The van der Waals surface area contributed by atoms with Gasteiger partial charge in [0, 0.05) is 29.7 Å². The molecule has 0 spiro atoms. The average Bonchev–Trinajstić information content (AvgIpc) is 3.09. The summed E-state index contributed by atoms with van der Waals surface area (Å²) in [5, 5.41) is 6.33. The molecule has 0 aliphatic carbocycles. The Bertz CT molecular complexity index is 948. The molecule has 0 fully saturated rings. The normalized spacial score (nSPS) is 11.7. The fourth-order valence-electron chi connectivity index (χ4n) is 2.55. The third-order valence-electron chi connectivity index (χ3n) is 3.59. The number of hydrazone groups is 1. The number of para-hydroxylation sites is 2. The molecule has 0 bridgehead atoms. The van der Waals surface area contributed by atoms with E-state index in [1.165, 1.54) is 10.9 Å². The summed E-state index contributed by atoms with van der Waals surface area (Å²) in [7, 11) is 2.04. The third kappa shape index (κ3) is 2.25. The molecule has 0 unspecified atom stereocenters. The number of nitrogens with one attached hydrogen (secondary N) is 1. The van der Waals surface area contributed by atoms with Crippen molar-refractivity contribution in [3.05, 3.63) is 60.3 Å². The summed E-state index contributed by atoms with van der Waals surface area (Å²) in [6.07, 6.45) is 3.92. The number of anilines is 1. The van der Waals surface area contributed by atoms with Gasteiger partial charge in [-0.05, 0) is 18.2 Å². The summed E-state index contributed by atoms with van der Waals surface area (Å²) in [5.41, 5.74) is 6.31. The summed E-state index contributed by atoms with van der Waals surface area (Å²) < 4.78 is 3.26. The second kappa shape index (κ2) is 5.27. The Balaban J connectivity index is 1.61. The first kappa shape index (κ1) is 13.0. The third-order valence-corrected chi connectivity index (χ3v) is 4.53. The van der Waals surface area contributed by atoms with Crippen molar-refractivity contribution in [3.8, 4) is 0 Å². The quantitative estimate of drug-likeness (QED) is 0.454. The maximum Gasteiger partial charge on any atom is 0.204 e. The van der Waals surface area contributed by atoms with E-state index in [9.17, 15) is 0 Å². The zero-order valence-electron chi connectivity index (χ0n) is 12.0. The number of fused-ring (bicyclic) bond motifs is 2. The Labute approximate surface area is 131 Å². The predicted molar refractivity (Wildman–Crippen MR) is 93.8 cm³/mol. The highest BCUT2D eigenvalue weighted by Crippen LogP contribution is 2.25. The number of benzene rings is 2. The first-order valence-electron chi connectivity index (χ1n) is 7.00. The number of aryl methyl sites for hydroxylation is 1. The van der Waals surface area contributed by atoms with Gasteiger partial charge in [-0.2, -0.15) is 5.10 Å². The highest BCUT2D eigenvalue weighted by molar-refractivity contribution is 7.22. The van der Waals surface area contributed by atoms with Gasteiger partial charge in [-0.25, -0.2) is 4.98 Å². The molecule has 0 saturated carbocycles. The summed E-state index contributed by atoms with van der Waals surface area (Å²) in [6.45, 7) is 0. The van der Waals surface area contributed by atoms with Crippen LogP contribution in [0.15, 0.2) is 59.8 Å². The van der Waals surface area contributed by atoms with E-state index in [-0.39, 0.29) is 0 Å². The highest BCUT2D eigenvalue weighted by atomic mass is 32.1. The van der Waals surface area contributed by atoms with Crippen LogP contribution in [0.3, 0.4) is 0 Å². The monoisotopic (exact) mass is 306 g/mol. The van der Waals surface area contributed by atoms with Crippen LogP contribution in [0.1, 0.15) is 5.56 Å². The Hall–Kier alpha value is -2.66. The molecule has 5 heteroatoms. The van der Waals surface area contributed by atoms with E-state index in [2.05, 4.69) is 44.5 Å². The van der Waals surface area contributed by atoms with Gasteiger partial charge in [0.25, 0.3) is 0 Å². The maximum atomic E-state index is 4.50. The van der Waals surface area contributed by atoms with Crippen LogP contribution in [0.5, 0.6) is 0 Å². The zero-order valence-corrected chi connectivity index (χ0v) is 12.8. The van der Waals surface area contributed by atoms with Crippen molar-refractivity contribution in [1.29, 1.82) is 0 Å². The molecule has 4 aromatic rings. The van der Waals surface area contributed by atoms with Crippen molar-refractivity contribution in [2.75, 3.05) is 5.43 Å². The summed E-state index contributed by atoms with van der Waals surface area (Å²) in [6, 6.07) is 16.4. The largest absolute Gasteiger partial charge is 0.350 e. The molecule has 22 heavy (non-hydrogen) atoms. The van der Waals surface area contributed by atoms with Crippen molar-refractivity contribution in [1.82, 2.24) is 9.55 Å². The molecular weight excluding hydrogens is 292 g/mol. The van der Waals surface area contributed by atoms with E-state index < -0.39 is 0 Å². The molecule has 0 saturated heterocycles. The average molecular weight is 306 g/mol. The van der Waals surface area contributed by atoms with Crippen molar-refractivity contribution in [2.24, 2.45) is 12.1 Å². The SMILES string of the molecule is Cn1cc(/C=N/Nc2nc3ccccc3s2)c2ccccc21. The van der Waals surface area contributed by atoms with Gasteiger partial charge in [0.15, 0.2) is 0 Å². The lowest BCUT2D eigenvalue weighted by atomic mass is 10.2. The number of hydrogen-bond donors (Lipinski definition) is 1. The standard InChI is InChI=1S/C17H14N4S/c1-21-11-12(13-6-2-4-8-15(13)21)10-18-20-17-19-14-7-3-5-9-16(14)22-17/h2-11H,1H3,(H,19,20)/b18-10+. The lowest BCUT2D eigenvalue weighted by Gasteiger charge is -1.93. The van der Waals surface area contributed by atoms with Crippen molar-refractivity contribution in [2.45, 2.75) is 0 Å². The number of aromatic nitrogens is 2. The van der Waals surface area contributed by atoms with Crippen LogP contribution in [0.25, 0.3) is 21.1 Å². The number of rotatable bonds is 3. The smallest absolute Gasteiger partial charge is 0.204 e. The Morgan fingerprint density at radius 3 is 2.86 bits per heavy atom. The van der Waals surface area contributed by atoms with Gasteiger partial charge in [-0.15, -0.1) is 0 Å². The highest BCUT2D eigenvalue weighted by Gasteiger charge is 2.04. The topological polar surface area (TPSA) is 42.2 Å². The molecule has 2 aromatic carbocycles. The molecule has 0 aliphatic rings. The minimum Gasteiger partial charge on any atom is -0.350 e. The number of hydrogen-bond acceptors (Lipinski definition) is 4. The van der Waals surface area contributed by atoms with Crippen LogP contribution >= 0.6 is 11.3 Å². The molecule has 2 aromatic heterocycles. The van der Waals surface area contributed by atoms with Crippen LogP contribution in [-0.2, 0) is 7.05 Å². The molecule has 4 nitrogen and oxygen atoms in total. The van der Waals surface area contributed by atoms with Gasteiger partial charge in [-0.3, -0.25) is 5.43 Å². The summed E-state index contributed by atoms with van der Waals surface area (Å²) in [5.74, 6) is 0. The lowest BCUT2D eigenvalue weighted by Crippen LogP contribution is -1.89. The second-order valence-corrected chi connectivity index (χ2v) is 6.10. The van der Waals surface area contributed by atoms with E-state index >= 15 is 0 Å². The number of thiazole rings is 1. The Morgan fingerprint density at radius 2 is 1.95 bits per heavy atom. The van der Waals surface area contributed by atoms with Crippen LogP contribution in [-0.4, -0.2) is 15.8 Å². The Morgan fingerprint density at radius 1 is 1.14 bits per heavy atom. The Kier molecular flexibility index (Phi) is 3.12. The van der Waals surface area contributed by atoms with Gasteiger partial charge in [0.05, 0.1) is 16.4 Å².